The first kappa shape index (κ1) is 32.5. The van der Waals surface area contributed by atoms with E-state index in [1.54, 1.807) is 24.9 Å². The first-order chi connectivity index (χ1) is 18.3. The molecule has 3 amide bonds. The zero-order chi connectivity index (χ0) is 29.3. The highest BCUT2D eigenvalue weighted by Gasteiger charge is 2.36. The molecule has 1 aliphatic rings. The molecule has 3 N–H and O–H groups in total. The molecule has 218 valence electrons. The predicted molar refractivity (Wildman–Crippen MR) is 156 cm³/mol. The monoisotopic (exact) mass is 542 g/mol. The topological polar surface area (TPSA) is 102 Å². The molecule has 1 aliphatic heterocycles. The maximum Gasteiger partial charge on any atom is 0.246 e. The predicted octanol–water partition coefficient (Wildman–Crippen LogP) is 3.67. The highest BCUT2D eigenvalue weighted by Crippen LogP contribution is 2.21. The van der Waals surface area contributed by atoms with E-state index in [1.165, 1.54) is 0 Å². The number of likely N-dealkylation sites (N-methyl/N-ethyl adjacent to an activating group) is 1. The Labute approximate surface area is 235 Å². The van der Waals surface area contributed by atoms with E-state index in [0.717, 1.165) is 31.4 Å². The zero-order valence-corrected chi connectivity index (χ0v) is 25.1. The van der Waals surface area contributed by atoms with Gasteiger partial charge >= 0.3 is 0 Å². The second kappa shape index (κ2) is 15.2. The van der Waals surface area contributed by atoms with Gasteiger partial charge in [0.2, 0.25) is 17.7 Å². The fourth-order valence-electron chi connectivity index (χ4n) is 5.19. The molecule has 0 spiro atoms. The number of aliphatic hydroxyl groups excluding tert-OH is 1. The molecule has 1 fully saturated rings. The van der Waals surface area contributed by atoms with Gasteiger partial charge in [0.1, 0.15) is 6.04 Å². The van der Waals surface area contributed by atoms with Crippen LogP contribution in [-0.4, -0.2) is 76.9 Å². The third-order valence-electron chi connectivity index (χ3n) is 7.64. The van der Waals surface area contributed by atoms with Gasteiger partial charge in [0, 0.05) is 25.2 Å². The number of hydrogen-bond donors (Lipinski definition) is 3. The summed E-state index contributed by atoms with van der Waals surface area (Å²) in [6.07, 6.45) is 3.87. The van der Waals surface area contributed by atoms with Crippen LogP contribution in [0.2, 0.25) is 0 Å². The van der Waals surface area contributed by atoms with Gasteiger partial charge in [-0.25, -0.2) is 0 Å². The molecule has 0 bridgehead atoms. The average molecular weight is 543 g/mol. The number of nitrogens with one attached hydrogen (secondary N) is 2. The molecule has 8 heteroatoms. The van der Waals surface area contributed by atoms with Gasteiger partial charge in [-0.2, -0.15) is 0 Å². The van der Waals surface area contributed by atoms with Crippen LogP contribution in [0.1, 0.15) is 79.4 Å². The van der Waals surface area contributed by atoms with Crippen molar-refractivity contribution in [1.82, 2.24) is 20.4 Å². The highest BCUT2D eigenvalue weighted by atomic mass is 16.3. The smallest absolute Gasteiger partial charge is 0.246 e. The molecule has 1 aromatic rings. The van der Waals surface area contributed by atoms with Crippen LogP contribution in [-0.2, 0) is 14.4 Å². The SMILES string of the molecule is C/C(=C\[C@H](C(C)C)N(C)C(=O)[C@@H](NC(=O)[C@H]1CCCCN1C(C)C)C(C)C)C(=O)NC[C@H](O)c1ccccc1. The molecule has 1 heterocycles. The number of amides is 3. The quantitative estimate of drug-likeness (QED) is 0.350. The van der Waals surface area contributed by atoms with E-state index >= 15 is 0 Å². The van der Waals surface area contributed by atoms with E-state index in [4.69, 9.17) is 0 Å². The van der Waals surface area contributed by atoms with Crippen LogP contribution in [0.4, 0.5) is 0 Å². The van der Waals surface area contributed by atoms with Gasteiger partial charge in [-0.05, 0) is 57.6 Å². The van der Waals surface area contributed by atoms with Gasteiger partial charge in [-0.3, -0.25) is 19.3 Å². The lowest BCUT2D eigenvalue weighted by Gasteiger charge is -2.39. The van der Waals surface area contributed by atoms with Crippen molar-refractivity contribution in [2.75, 3.05) is 20.1 Å². The molecule has 0 saturated carbocycles. The Balaban J connectivity index is 2.11. The van der Waals surface area contributed by atoms with Crippen molar-refractivity contribution in [3.05, 3.63) is 47.5 Å². The van der Waals surface area contributed by atoms with Crippen molar-refractivity contribution in [3.63, 3.8) is 0 Å². The Morgan fingerprint density at radius 3 is 2.26 bits per heavy atom. The Hall–Kier alpha value is -2.71. The maximum absolute atomic E-state index is 13.7. The molecule has 0 unspecified atom stereocenters. The number of rotatable bonds is 12. The summed E-state index contributed by atoms with van der Waals surface area (Å²) >= 11 is 0. The summed E-state index contributed by atoms with van der Waals surface area (Å²) < 4.78 is 0. The Morgan fingerprint density at radius 2 is 1.69 bits per heavy atom. The minimum Gasteiger partial charge on any atom is -0.387 e. The molecule has 8 nitrogen and oxygen atoms in total. The number of carbonyl (C=O) groups is 3. The lowest BCUT2D eigenvalue weighted by molar-refractivity contribution is -0.140. The lowest BCUT2D eigenvalue weighted by Crippen LogP contribution is -2.58. The zero-order valence-electron chi connectivity index (χ0n) is 25.1. The minimum absolute atomic E-state index is 0.0369. The molecule has 0 aromatic heterocycles. The van der Waals surface area contributed by atoms with Crippen molar-refractivity contribution >= 4 is 17.7 Å². The maximum atomic E-state index is 13.7. The number of benzene rings is 1. The molecule has 39 heavy (non-hydrogen) atoms. The fraction of sp³-hybridized carbons (Fsp3) is 0.645. The lowest BCUT2D eigenvalue weighted by atomic mass is 9.95. The Bertz CT molecular complexity index is 976. The molecule has 2 rings (SSSR count). The van der Waals surface area contributed by atoms with Crippen LogP contribution >= 0.6 is 0 Å². The number of nitrogens with zero attached hydrogens (tertiary/aromatic N) is 2. The van der Waals surface area contributed by atoms with E-state index in [2.05, 4.69) is 29.4 Å². The molecule has 0 radical (unpaired) electrons. The molecule has 1 aromatic carbocycles. The van der Waals surface area contributed by atoms with Crippen LogP contribution < -0.4 is 10.6 Å². The second-order valence-electron chi connectivity index (χ2n) is 11.7. The van der Waals surface area contributed by atoms with Crippen LogP contribution in [0.3, 0.4) is 0 Å². The first-order valence-electron chi connectivity index (χ1n) is 14.4. The van der Waals surface area contributed by atoms with Crippen molar-refractivity contribution in [3.8, 4) is 0 Å². The van der Waals surface area contributed by atoms with Gasteiger partial charge in [0.05, 0.1) is 18.2 Å². The average Bonchev–Trinajstić information content (AvgIpc) is 2.92. The second-order valence-corrected chi connectivity index (χ2v) is 11.7. The fourth-order valence-corrected chi connectivity index (χ4v) is 5.19. The number of hydrogen-bond acceptors (Lipinski definition) is 5. The van der Waals surface area contributed by atoms with E-state index < -0.39 is 12.1 Å². The van der Waals surface area contributed by atoms with Crippen molar-refractivity contribution in [2.45, 2.75) is 98.0 Å². The summed E-state index contributed by atoms with van der Waals surface area (Å²) in [7, 11) is 1.73. The third-order valence-corrected chi connectivity index (χ3v) is 7.64. The highest BCUT2D eigenvalue weighted by molar-refractivity contribution is 5.93. The normalized spacial score (nSPS) is 19.1. The number of piperidine rings is 1. The molecular weight excluding hydrogens is 492 g/mol. The summed E-state index contributed by atoms with van der Waals surface area (Å²) in [5.74, 6) is -0.618. The van der Waals surface area contributed by atoms with Gasteiger partial charge in [0.25, 0.3) is 0 Å². The van der Waals surface area contributed by atoms with E-state index in [-0.39, 0.29) is 54.2 Å². The summed E-state index contributed by atoms with van der Waals surface area (Å²) in [5.41, 5.74) is 1.20. The standard InChI is InChI=1S/C31H50N4O4/c1-20(2)26(18-23(7)29(37)32-19-27(36)24-14-10-9-11-15-24)34(8)31(39)28(21(3)4)33-30(38)25-16-12-13-17-35(25)22(5)6/h9-11,14-15,18,20-22,25-28,36H,12-13,16-17,19H2,1-8H3,(H,32,37)(H,33,38)/b23-18+/t25-,26-,27+,28+/m1/s1. The largest absolute Gasteiger partial charge is 0.387 e. The summed E-state index contributed by atoms with van der Waals surface area (Å²) in [4.78, 5) is 43.8. The van der Waals surface area contributed by atoms with Gasteiger partial charge in [-0.1, -0.05) is 70.5 Å². The van der Waals surface area contributed by atoms with Crippen molar-refractivity contribution < 1.29 is 19.5 Å². The van der Waals surface area contributed by atoms with Crippen molar-refractivity contribution in [1.29, 1.82) is 0 Å². The van der Waals surface area contributed by atoms with Crippen molar-refractivity contribution in [2.24, 2.45) is 11.8 Å². The Morgan fingerprint density at radius 1 is 1.05 bits per heavy atom. The van der Waals surface area contributed by atoms with Gasteiger partial charge in [0.15, 0.2) is 0 Å². The number of carbonyl (C=O) groups excluding carboxylic acids is 3. The third kappa shape index (κ3) is 9.17. The molecule has 0 aliphatic carbocycles. The Kier molecular flexibility index (Phi) is 12.6. The summed E-state index contributed by atoms with van der Waals surface area (Å²) in [6.45, 7) is 14.8. The van der Waals surface area contributed by atoms with E-state index in [1.807, 2.05) is 58.0 Å². The molecule has 4 atom stereocenters. The van der Waals surface area contributed by atoms with Crippen LogP contribution in [0.15, 0.2) is 42.0 Å². The number of likely N-dealkylation sites (tertiary alicyclic amines) is 1. The van der Waals surface area contributed by atoms with E-state index in [0.29, 0.717) is 5.57 Å². The summed E-state index contributed by atoms with van der Waals surface area (Å²) in [6, 6.07) is 8.21. The molecular formula is C31H50N4O4. The first-order valence-corrected chi connectivity index (χ1v) is 14.4. The minimum atomic E-state index is -0.806. The van der Waals surface area contributed by atoms with Gasteiger partial charge < -0.3 is 20.6 Å². The van der Waals surface area contributed by atoms with E-state index in [9.17, 15) is 19.5 Å². The molecule has 1 saturated heterocycles. The number of aliphatic hydroxyl groups is 1. The summed E-state index contributed by atoms with van der Waals surface area (Å²) in [5, 5.41) is 16.2. The van der Waals surface area contributed by atoms with Crippen LogP contribution in [0.25, 0.3) is 0 Å². The van der Waals surface area contributed by atoms with Gasteiger partial charge in [-0.15, -0.1) is 0 Å². The van der Waals surface area contributed by atoms with Crippen LogP contribution in [0, 0.1) is 11.8 Å². The van der Waals surface area contributed by atoms with Crippen LogP contribution in [0.5, 0.6) is 0 Å².